The first kappa shape index (κ1) is 19.5. The van der Waals surface area contributed by atoms with Crippen molar-refractivity contribution in [2.24, 2.45) is 0 Å². The summed E-state index contributed by atoms with van der Waals surface area (Å²) < 4.78 is 10.5. The van der Waals surface area contributed by atoms with Gasteiger partial charge in [0.2, 0.25) is 0 Å². The number of rotatable bonds is 10. The predicted octanol–water partition coefficient (Wildman–Crippen LogP) is 3.01. The number of carbonyl (C=O) groups excluding carboxylic acids is 1. The molecule has 26 heavy (non-hydrogen) atoms. The molecule has 2 N–H and O–H groups in total. The van der Waals surface area contributed by atoms with E-state index in [9.17, 15) is 9.59 Å². The van der Waals surface area contributed by atoms with E-state index in [1.165, 1.54) is 0 Å². The Morgan fingerprint density at radius 2 is 1.65 bits per heavy atom. The van der Waals surface area contributed by atoms with Crippen LogP contribution in [0.15, 0.2) is 48.5 Å². The van der Waals surface area contributed by atoms with Crippen LogP contribution in [0.25, 0.3) is 0 Å². The molecule has 0 saturated carbocycles. The van der Waals surface area contributed by atoms with Gasteiger partial charge in [0.05, 0.1) is 13.2 Å². The molecule has 6 nitrogen and oxygen atoms in total. The smallest absolute Gasteiger partial charge is 0.303 e. The van der Waals surface area contributed by atoms with E-state index in [4.69, 9.17) is 14.6 Å². The molecular weight excluding hydrogens is 334 g/mol. The lowest BCUT2D eigenvalue weighted by Crippen LogP contribution is -2.22. The molecule has 0 saturated heterocycles. The van der Waals surface area contributed by atoms with Crippen molar-refractivity contribution in [3.8, 4) is 5.75 Å². The van der Waals surface area contributed by atoms with Crippen LogP contribution in [0.4, 0.5) is 0 Å². The normalized spacial score (nSPS) is 10.3. The number of carbonyl (C=O) groups is 2. The molecule has 2 aromatic carbocycles. The zero-order chi connectivity index (χ0) is 18.8. The second-order valence-corrected chi connectivity index (χ2v) is 5.80. The Balaban J connectivity index is 1.77. The van der Waals surface area contributed by atoms with Gasteiger partial charge in [-0.2, -0.15) is 0 Å². The highest BCUT2D eigenvalue weighted by atomic mass is 16.5. The lowest BCUT2D eigenvalue weighted by atomic mass is 10.1. The highest BCUT2D eigenvalue weighted by molar-refractivity contribution is 5.94. The van der Waals surface area contributed by atoms with Crippen LogP contribution in [0, 0.1) is 0 Å². The second kappa shape index (κ2) is 10.2. The van der Waals surface area contributed by atoms with E-state index in [1.54, 1.807) is 19.2 Å². The molecule has 0 atom stereocenters. The number of ether oxygens (including phenoxy) is 2. The summed E-state index contributed by atoms with van der Waals surface area (Å²) in [4.78, 5) is 22.6. The fourth-order valence-corrected chi connectivity index (χ4v) is 2.32. The summed E-state index contributed by atoms with van der Waals surface area (Å²) in [6.07, 6.45) is 0.562. The molecule has 6 heteroatoms. The maximum atomic E-state index is 12.2. The Kier molecular flexibility index (Phi) is 7.64. The first-order valence-electron chi connectivity index (χ1n) is 8.38. The van der Waals surface area contributed by atoms with Gasteiger partial charge in [-0.1, -0.05) is 24.3 Å². The first-order chi connectivity index (χ1) is 12.6. The maximum Gasteiger partial charge on any atom is 0.303 e. The largest absolute Gasteiger partial charge is 0.494 e. The third kappa shape index (κ3) is 6.57. The van der Waals surface area contributed by atoms with Gasteiger partial charge >= 0.3 is 5.97 Å². The fraction of sp³-hybridized carbons (Fsp3) is 0.300. The van der Waals surface area contributed by atoms with Crippen molar-refractivity contribution in [1.82, 2.24) is 5.32 Å². The fourth-order valence-electron chi connectivity index (χ4n) is 2.32. The van der Waals surface area contributed by atoms with Crippen molar-refractivity contribution in [3.63, 3.8) is 0 Å². The van der Waals surface area contributed by atoms with Gasteiger partial charge in [0.15, 0.2) is 0 Å². The van der Waals surface area contributed by atoms with Crippen LogP contribution in [0.3, 0.4) is 0 Å². The summed E-state index contributed by atoms with van der Waals surface area (Å²) in [7, 11) is 1.63. The third-order valence-corrected chi connectivity index (χ3v) is 3.71. The monoisotopic (exact) mass is 357 g/mol. The number of carboxylic acids is 1. The highest BCUT2D eigenvalue weighted by Crippen LogP contribution is 2.13. The molecule has 2 aromatic rings. The molecule has 138 valence electrons. The van der Waals surface area contributed by atoms with Gasteiger partial charge in [-0.3, -0.25) is 9.59 Å². The molecule has 0 aromatic heterocycles. The van der Waals surface area contributed by atoms with Gasteiger partial charge in [-0.25, -0.2) is 0 Å². The second-order valence-electron chi connectivity index (χ2n) is 5.80. The number of benzene rings is 2. The number of aliphatic carboxylic acids is 1. The van der Waals surface area contributed by atoms with Crippen LogP contribution in [-0.2, 0) is 22.7 Å². The van der Waals surface area contributed by atoms with Crippen molar-refractivity contribution in [2.75, 3.05) is 13.7 Å². The molecule has 0 aliphatic rings. The van der Waals surface area contributed by atoms with Crippen LogP contribution < -0.4 is 10.1 Å². The lowest BCUT2D eigenvalue weighted by molar-refractivity contribution is -0.137. The maximum absolute atomic E-state index is 12.2. The standard InChI is InChI=1S/C20H23NO5/c1-25-14-16-4-8-17(9-5-16)20(24)21-13-15-6-10-18(11-7-15)26-12-2-3-19(22)23/h4-11H,2-3,12-14H2,1H3,(H,21,24)(H,22,23). The van der Waals surface area contributed by atoms with E-state index in [1.807, 2.05) is 36.4 Å². The van der Waals surface area contributed by atoms with E-state index in [2.05, 4.69) is 5.32 Å². The summed E-state index contributed by atoms with van der Waals surface area (Å²) in [5.41, 5.74) is 2.57. The Bertz CT molecular complexity index is 710. The van der Waals surface area contributed by atoms with E-state index < -0.39 is 5.97 Å². The molecule has 0 bridgehead atoms. The Labute approximate surface area is 152 Å². The summed E-state index contributed by atoms with van der Waals surface area (Å²) >= 11 is 0. The van der Waals surface area contributed by atoms with E-state index in [-0.39, 0.29) is 12.3 Å². The number of carboxylic acid groups (broad SMARTS) is 1. The Morgan fingerprint density at radius 1 is 1.00 bits per heavy atom. The molecule has 0 radical (unpaired) electrons. The van der Waals surface area contributed by atoms with Crippen LogP contribution >= 0.6 is 0 Å². The van der Waals surface area contributed by atoms with Crippen molar-refractivity contribution >= 4 is 11.9 Å². The number of methoxy groups -OCH3 is 1. The average Bonchev–Trinajstić information content (AvgIpc) is 2.65. The minimum absolute atomic E-state index is 0.0938. The van der Waals surface area contributed by atoms with Crippen LogP contribution in [0.1, 0.15) is 34.3 Å². The molecule has 0 fully saturated rings. The summed E-state index contributed by atoms with van der Waals surface area (Å²) in [6, 6.07) is 14.6. The quantitative estimate of drug-likeness (QED) is 0.639. The summed E-state index contributed by atoms with van der Waals surface area (Å²) in [5.74, 6) is -0.282. The van der Waals surface area contributed by atoms with E-state index >= 15 is 0 Å². The minimum Gasteiger partial charge on any atom is -0.494 e. The van der Waals surface area contributed by atoms with Gasteiger partial charge in [0, 0.05) is 25.6 Å². The predicted molar refractivity (Wildman–Crippen MR) is 97.1 cm³/mol. The van der Waals surface area contributed by atoms with Gasteiger partial charge in [0.25, 0.3) is 5.91 Å². The molecule has 1 amide bonds. The topological polar surface area (TPSA) is 84.9 Å². The van der Waals surface area contributed by atoms with Gasteiger partial charge in [-0.15, -0.1) is 0 Å². The zero-order valence-corrected chi connectivity index (χ0v) is 14.7. The average molecular weight is 357 g/mol. The lowest BCUT2D eigenvalue weighted by Gasteiger charge is -2.08. The number of nitrogens with one attached hydrogen (secondary N) is 1. The van der Waals surface area contributed by atoms with Crippen LogP contribution in [-0.4, -0.2) is 30.7 Å². The Morgan fingerprint density at radius 3 is 2.27 bits per heavy atom. The third-order valence-electron chi connectivity index (χ3n) is 3.71. The summed E-state index contributed by atoms with van der Waals surface area (Å²) in [5, 5.41) is 11.4. The Hall–Kier alpha value is -2.86. The number of hydrogen-bond acceptors (Lipinski definition) is 4. The van der Waals surface area contributed by atoms with Crippen molar-refractivity contribution in [2.45, 2.75) is 26.0 Å². The molecule has 0 unspecified atom stereocenters. The highest BCUT2D eigenvalue weighted by Gasteiger charge is 2.05. The number of amides is 1. The van der Waals surface area contributed by atoms with Crippen LogP contribution in [0.2, 0.25) is 0 Å². The number of hydrogen-bond donors (Lipinski definition) is 2. The zero-order valence-electron chi connectivity index (χ0n) is 14.7. The molecule has 0 heterocycles. The van der Waals surface area contributed by atoms with Gasteiger partial charge in [0.1, 0.15) is 5.75 Å². The molecule has 2 rings (SSSR count). The molecule has 0 aliphatic heterocycles. The SMILES string of the molecule is COCc1ccc(C(=O)NCc2ccc(OCCCC(=O)O)cc2)cc1. The molecular formula is C20H23NO5. The van der Waals surface area contributed by atoms with Crippen molar-refractivity contribution in [1.29, 1.82) is 0 Å². The van der Waals surface area contributed by atoms with E-state index in [0.29, 0.717) is 37.5 Å². The van der Waals surface area contributed by atoms with E-state index in [0.717, 1.165) is 11.1 Å². The van der Waals surface area contributed by atoms with Gasteiger partial charge in [-0.05, 0) is 41.8 Å². The molecule has 0 aliphatic carbocycles. The van der Waals surface area contributed by atoms with Gasteiger partial charge < -0.3 is 19.9 Å². The summed E-state index contributed by atoms with van der Waals surface area (Å²) in [6.45, 7) is 1.30. The minimum atomic E-state index is -0.826. The first-order valence-corrected chi connectivity index (χ1v) is 8.38. The van der Waals surface area contributed by atoms with Crippen molar-refractivity contribution < 1.29 is 24.2 Å². The van der Waals surface area contributed by atoms with Crippen LogP contribution in [0.5, 0.6) is 5.75 Å². The molecule has 0 spiro atoms. The van der Waals surface area contributed by atoms with Crippen molar-refractivity contribution in [3.05, 3.63) is 65.2 Å².